The second kappa shape index (κ2) is 7.19. The highest BCUT2D eigenvalue weighted by Gasteiger charge is 2.37. The van der Waals surface area contributed by atoms with Crippen LogP contribution < -0.4 is 5.32 Å². The van der Waals surface area contributed by atoms with Crippen LogP contribution in [-0.2, 0) is 22.0 Å². The van der Waals surface area contributed by atoms with Gasteiger partial charge < -0.3 is 5.32 Å². The maximum absolute atomic E-state index is 13.0. The Balaban J connectivity index is 0.00000208. The molecular weight excluding hydrogens is 365 g/mol. The fraction of sp³-hybridized carbons (Fsp3) is 0.600. The van der Waals surface area contributed by atoms with Crippen LogP contribution in [-0.4, -0.2) is 37.9 Å². The standard InChI is InChI=1S/C15H19F3N2O2S.ClH/c16-15(17,18)14-4-2-1-3-11(14)10-23(21,22)20-8-7-12-5-6-13(9-20)19-12;/h1-4,12-13,19H,5-10H2;1H. The molecule has 0 spiro atoms. The monoisotopic (exact) mass is 384 g/mol. The lowest BCUT2D eigenvalue weighted by molar-refractivity contribution is -0.138. The van der Waals surface area contributed by atoms with E-state index in [0.29, 0.717) is 25.6 Å². The summed E-state index contributed by atoms with van der Waals surface area (Å²) in [5.74, 6) is -0.611. The zero-order valence-electron chi connectivity index (χ0n) is 12.9. The Kier molecular flexibility index (Phi) is 5.84. The van der Waals surface area contributed by atoms with Gasteiger partial charge in [0.1, 0.15) is 0 Å². The molecule has 1 N–H and O–H groups in total. The van der Waals surface area contributed by atoms with Crippen molar-refractivity contribution in [1.29, 1.82) is 0 Å². The number of hydrogen-bond donors (Lipinski definition) is 1. The summed E-state index contributed by atoms with van der Waals surface area (Å²) >= 11 is 0. The summed E-state index contributed by atoms with van der Waals surface area (Å²) in [5, 5.41) is 3.37. The summed E-state index contributed by atoms with van der Waals surface area (Å²) < 4.78 is 65.6. The molecule has 0 saturated carbocycles. The van der Waals surface area contributed by atoms with Crippen molar-refractivity contribution in [2.75, 3.05) is 13.1 Å². The molecule has 0 aliphatic carbocycles. The first-order valence-corrected chi connectivity index (χ1v) is 9.25. The quantitative estimate of drug-likeness (QED) is 0.871. The Labute approximate surface area is 145 Å². The molecule has 2 saturated heterocycles. The Hall–Kier alpha value is -0.830. The van der Waals surface area contributed by atoms with E-state index in [1.165, 1.54) is 22.5 Å². The molecule has 0 aromatic heterocycles. The first-order valence-electron chi connectivity index (χ1n) is 7.65. The molecule has 9 heteroatoms. The van der Waals surface area contributed by atoms with Crippen molar-refractivity contribution in [2.24, 2.45) is 0 Å². The van der Waals surface area contributed by atoms with Crippen molar-refractivity contribution in [3.63, 3.8) is 0 Å². The lowest BCUT2D eigenvalue weighted by atomic mass is 10.1. The Morgan fingerprint density at radius 3 is 2.50 bits per heavy atom. The van der Waals surface area contributed by atoms with Gasteiger partial charge in [0.25, 0.3) is 0 Å². The minimum atomic E-state index is -4.55. The molecule has 2 unspecified atom stereocenters. The van der Waals surface area contributed by atoms with Crippen LogP contribution in [0.5, 0.6) is 0 Å². The van der Waals surface area contributed by atoms with Crippen LogP contribution in [0.1, 0.15) is 30.4 Å². The number of halogens is 4. The molecule has 2 aliphatic rings. The number of rotatable bonds is 3. The maximum atomic E-state index is 13.0. The van der Waals surface area contributed by atoms with Gasteiger partial charge in [-0.2, -0.15) is 13.2 Å². The van der Waals surface area contributed by atoms with Crippen molar-refractivity contribution >= 4 is 22.4 Å². The summed E-state index contributed by atoms with van der Waals surface area (Å²) in [7, 11) is -3.77. The molecule has 2 bridgehead atoms. The number of hydrogen-bond acceptors (Lipinski definition) is 3. The number of nitrogens with one attached hydrogen (secondary N) is 1. The molecule has 4 nitrogen and oxygen atoms in total. The van der Waals surface area contributed by atoms with Gasteiger partial charge in [-0.1, -0.05) is 18.2 Å². The molecule has 0 amide bonds. The maximum Gasteiger partial charge on any atom is 0.416 e. The smallest absolute Gasteiger partial charge is 0.310 e. The Morgan fingerprint density at radius 2 is 1.79 bits per heavy atom. The topological polar surface area (TPSA) is 49.4 Å². The lowest BCUT2D eigenvalue weighted by Crippen LogP contribution is -2.39. The molecule has 136 valence electrons. The van der Waals surface area contributed by atoms with Crippen LogP contribution in [0.3, 0.4) is 0 Å². The van der Waals surface area contributed by atoms with Crippen LogP contribution >= 0.6 is 12.4 Å². The zero-order valence-corrected chi connectivity index (χ0v) is 14.6. The van der Waals surface area contributed by atoms with E-state index < -0.39 is 27.5 Å². The first kappa shape index (κ1) is 19.5. The number of alkyl halides is 3. The fourth-order valence-corrected chi connectivity index (χ4v) is 4.99. The molecular formula is C15H20ClF3N2O2S. The van der Waals surface area contributed by atoms with Crippen LogP contribution in [0.25, 0.3) is 0 Å². The molecule has 3 rings (SSSR count). The third-order valence-corrected chi connectivity index (χ3v) is 6.33. The van der Waals surface area contributed by atoms with Crippen molar-refractivity contribution in [1.82, 2.24) is 9.62 Å². The number of benzene rings is 1. The van der Waals surface area contributed by atoms with Crippen LogP contribution in [0.15, 0.2) is 24.3 Å². The minimum Gasteiger partial charge on any atom is -0.310 e. The second-order valence-electron chi connectivity index (χ2n) is 6.20. The highest BCUT2D eigenvalue weighted by molar-refractivity contribution is 7.88. The SMILES string of the molecule is Cl.O=S(=O)(Cc1ccccc1C(F)(F)F)N1CCC2CCC(C1)N2. The van der Waals surface area contributed by atoms with E-state index in [2.05, 4.69) is 5.32 Å². The number of fused-ring (bicyclic) bond motifs is 2. The largest absolute Gasteiger partial charge is 0.416 e. The van der Waals surface area contributed by atoms with Crippen LogP contribution in [0.4, 0.5) is 13.2 Å². The Morgan fingerprint density at radius 1 is 1.12 bits per heavy atom. The van der Waals surface area contributed by atoms with E-state index in [0.717, 1.165) is 18.9 Å². The van der Waals surface area contributed by atoms with Crippen LogP contribution in [0, 0.1) is 0 Å². The predicted octanol–water partition coefficient (Wildman–Crippen LogP) is 2.78. The predicted molar refractivity (Wildman–Crippen MR) is 87.5 cm³/mol. The molecule has 1 aromatic rings. The van der Waals surface area contributed by atoms with E-state index in [9.17, 15) is 21.6 Å². The molecule has 2 heterocycles. The Bertz CT molecular complexity index is 682. The third-order valence-electron chi connectivity index (χ3n) is 4.54. The van der Waals surface area contributed by atoms with Crippen molar-refractivity contribution in [3.8, 4) is 0 Å². The third kappa shape index (κ3) is 4.22. The summed E-state index contributed by atoms with van der Waals surface area (Å²) in [5.41, 5.74) is -1.07. The molecule has 2 atom stereocenters. The van der Waals surface area contributed by atoms with E-state index in [-0.39, 0.29) is 24.0 Å². The lowest BCUT2D eigenvalue weighted by Gasteiger charge is -2.24. The highest BCUT2D eigenvalue weighted by atomic mass is 35.5. The van der Waals surface area contributed by atoms with Gasteiger partial charge in [0, 0.05) is 25.2 Å². The average Bonchev–Trinajstić information content (AvgIpc) is 2.76. The van der Waals surface area contributed by atoms with Gasteiger partial charge in [0.2, 0.25) is 10.0 Å². The highest BCUT2D eigenvalue weighted by Crippen LogP contribution is 2.33. The summed E-state index contributed by atoms with van der Waals surface area (Å²) in [4.78, 5) is 0. The van der Waals surface area contributed by atoms with Gasteiger partial charge in [-0.3, -0.25) is 0 Å². The van der Waals surface area contributed by atoms with Gasteiger partial charge in [-0.25, -0.2) is 12.7 Å². The first-order chi connectivity index (χ1) is 10.8. The summed E-state index contributed by atoms with van der Waals surface area (Å²) in [6.07, 6.45) is -1.90. The van der Waals surface area contributed by atoms with Gasteiger partial charge in [-0.15, -0.1) is 12.4 Å². The second-order valence-corrected chi connectivity index (χ2v) is 8.16. The minimum absolute atomic E-state index is 0. The molecule has 0 radical (unpaired) electrons. The van der Waals surface area contributed by atoms with Crippen molar-refractivity contribution < 1.29 is 21.6 Å². The number of sulfonamides is 1. The molecule has 24 heavy (non-hydrogen) atoms. The fourth-order valence-electron chi connectivity index (χ4n) is 3.37. The van der Waals surface area contributed by atoms with E-state index in [1.54, 1.807) is 0 Å². The van der Waals surface area contributed by atoms with E-state index in [1.807, 2.05) is 0 Å². The van der Waals surface area contributed by atoms with Crippen LogP contribution in [0.2, 0.25) is 0 Å². The summed E-state index contributed by atoms with van der Waals surface area (Å²) in [6.45, 7) is 0.706. The average molecular weight is 385 g/mol. The zero-order chi connectivity index (χ0) is 16.7. The van der Waals surface area contributed by atoms with Crippen molar-refractivity contribution in [3.05, 3.63) is 35.4 Å². The van der Waals surface area contributed by atoms with Gasteiger partial charge >= 0.3 is 6.18 Å². The number of nitrogens with zero attached hydrogens (tertiary/aromatic N) is 1. The molecule has 1 aromatic carbocycles. The van der Waals surface area contributed by atoms with E-state index in [4.69, 9.17) is 0 Å². The molecule has 2 aliphatic heterocycles. The molecule has 2 fully saturated rings. The normalized spacial score (nSPS) is 25.1. The summed E-state index contributed by atoms with van der Waals surface area (Å²) in [6, 6.07) is 5.30. The van der Waals surface area contributed by atoms with Crippen molar-refractivity contribution in [2.45, 2.75) is 43.3 Å². The van der Waals surface area contributed by atoms with Gasteiger partial charge in [0.05, 0.1) is 11.3 Å². The van der Waals surface area contributed by atoms with Gasteiger partial charge in [0.15, 0.2) is 0 Å². The van der Waals surface area contributed by atoms with Gasteiger partial charge in [-0.05, 0) is 30.9 Å². The van der Waals surface area contributed by atoms with E-state index >= 15 is 0 Å².